The molecule has 1 atom stereocenters. The Bertz CT molecular complexity index is 1550. The summed E-state index contributed by atoms with van der Waals surface area (Å²) in [5.41, 5.74) is 0.789. The lowest BCUT2D eigenvalue weighted by Crippen LogP contribution is -2.22. The normalized spacial score (nSPS) is 14.9. The van der Waals surface area contributed by atoms with Gasteiger partial charge in [-0.15, -0.1) is 0 Å². The number of phenolic OH excluding ortho intramolecular Hbond substituents is 3. The smallest absolute Gasteiger partial charge is 0.312 e. The van der Waals surface area contributed by atoms with Gasteiger partial charge in [0.05, 0.1) is 20.6 Å². The van der Waals surface area contributed by atoms with Crippen LogP contribution >= 0.6 is 0 Å². The standard InChI is InChI=1S/C26H20O9/c1-32-19-5-3-4-13(25(19)33-2)14-9-22(31)34-21-11-18(30)24-17(29)10-20(35-26(24)23(14)21)12-6-7-15(27)16(28)8-12/h3-8,10-11,14,27-28,30H,9H2,1-2H3. The van der Waals surface area contributed by atoms with Crippen molar-refractivity contribution in [3.05, 3.63) is 69.9 Å². The van der Waals surface area contributed by atoms with Gasteiger partial charge in [-0.25, -0.2) is 0 Å². The number of fused-ring (bicyclic) bond motifs is 3. The highest BCUT2D eigenvalue weighted by Crippen LogP contribution is 2.49. The van der Waals surface area contributed by atoms with Crippen LogP contribution < -0.4 is 19.6 Å². The van der Waals surface area contributed by atoms with Crippen molar-refractivity contribution in [1.29, 1.82) is 0 Å². The lowest BCUT2D eigenvalue weighted by Gasteiger charge is -2.27. The predicted octanol–water partition coefficient (Wildman–Crippen LogP) is 4.04. The number of benzene rings is 3. The van der Waals surface area contributed by atoms with Crippen molar-refractivity contribution in [2.75, 3.05) is 14.2 Å². The molecule has 1 aliphatic rings. The molecule has 3 N–H and O–H groups in total. The van der Waals surface area contributed by atoms with E-state index in [2.05, 4.69) is 0 Å². The van der Waals surface area contributed by atoms with Crippen LogP contribution in [-0.4, -0.2) is 35.5 Å². The first-order valence-corrected chi connectivity index (χ1v) is 10.6. The lowest BCUT2D eigenvalue weighted by atomic mass is 9.84. The van der Waals surface area contributed by atoms with Gasteiger partial charge in [-0.1, -0.05) is 12.1 Å². The van der Waals surface area contributed by atoms with Crippen molar-refractivity contribution < 1.29 is 38.7 Å². The molecule has 1 aliphatic heterocycles. The van der Waals surface area contributed by atoms with E-state index in [0.717, 1.165) is 0 Å². The maximum atomic E-state index is 13.1. The van der Waals surface area contributed by atoms with Crippen LogP contribution in [0, 0.1) is 0 Å². The molecular weight excluding hydrogens is 456 g/mol. The van der Waals surface area contributed by atoms with Gasteiger partial charge >= 0.3 is 5.97 Å². The minimum atomic E-state index is -0.647. The van der Waals surface area contributed by atoms with Gasteiger partial charge in [0, 0.05) is 34.7 Å². The fourth-order valence-electron chi connectivity index (χ4n) is 4.43. The SMILES string of the molecule is COc1cccc(C2CC(=O)Oc3cc(O)c4c(=O)cc(-c5ccc(O)c(O)c5)oc4c32)c1OC. The summed E-state index contributed by atoms with van der Waals surface area (Å²) in [5, 5.41) is 30.1. The number of hydrogen-bond donors (Lipinski definition) is 3. The molecule has 178 valence electrons. The highest BCUT2D eigenvalue weighted by molar-refractivity contribution is 5.93. The molecule has 1 aromatic heterocycles. The summed E-state index contributed by atoms with van der Waals surface area (Å²) >= 11 is 0. The molecule has 5 rings (SSSR count). The van der Waals surface area contributed by atoms with Gasteiger partial charge in [0.15, 0.2) is 28.4 Å². The van der Waals surface area contributed by atoms with Crippen LogP contribution in [0.4, 0.5) is 0 Å². The number of aromatic hydroxyl groups is 3. The summed E-state index contributed by atoms with van der Waals surface area (Å²) in [7, 11) is 2.98. The van der Waals surface area contributed by atoms with Gasteiger partial charge in [-0.05, 0) is 24.3 Å². The van der Waals surface area contributed by atoms with Gasteiger partial charge in [0.25, 0.3) is 0 Å². The second-order valence-corrected chi connectivity index (χ2v) is 8.00. The van der Waals surface area contributed by atoms with E-state index in [1.807, 2.05) is 0 Å². The molecule has 0 fully saturated rings. The molecule has 0 amide bonds. The van der Waals surface area contributed by atoms with E-state index in [1.165, 1.54) is 44.6 Å². The van der Waals surface area contributed by atoms with E-state index < -0.39 is 28.8 Å². The molecule has 35 heavy (non-hydrogen) atoms. The Kier molecular flexibility index (Phi) is 5.24. The highest BCUT2D eigenvalue weighted by Gasteiger charge is 2.35. The van der Waals surface area contributed by atoms with Crippen molar-refractivity contribution in [2.45, 2.75) is 12.3 Å². The van der Waals surface area contributed by atoms with Crippen molar-refractivity contribution >= 4 is 16.9 Å². The number of carbonyl (C=O) groups is 1. The van der Waals surface area contributed by atoms with Crippen molar-refractivity contribution in [1.82, 2.24) is 0 Å². The molecule has 4 aromatic rings. The fraction of sp³-hybridized carbons (Fsp3) is 0.154. The number of methoxy groups -OCH3 is 2. The van der Waals surface area contributed by atoms with Crippen LogP contribution in [0.15, 0.2) is 57.7 Å². The number of hydrogen-bond acceptors (Lipinski definition) is 9. The Morgan fingerprint density at radius 1 is 0.914 bits per heavy atom. The Morgan fingerprint density at radius 2 is 1.71 bits per heavy atom. The molecule has 2 heterocycles. The van der Waals surface area contributed by atoms with E-state index in [9.17, 15) is 24.9 Å². The Morgan fingerprint density at radius 3 is 2.43 bits per heavy atom. The molecule has 9 heteroatoms. The van der Waals surface area contributed by atoms with E-state index in [-0.39, 0.29) is 34.6 Å². The van der Waals surface area contributed by atoms with Crippen LogP contribution in [0.25, 0.3) is 22.3 Å². The maximum absolute atomic E-state index is 13.1. The van der Waals surface area contributed by atoms with Crippen molar-refractivity contribution in [3.63, 3.8) is 0 Å². The third-order valence-corrected chi connectivity index (χ3v) is 5.99. The van der Waals surface area contributed by atoms with Crippen LogP contribution in [0.2, 0.25) is 0 Å². The van der Waals surface area contributed by atoms with E-state index in [0.29, 0.717) is 28.2 Å². The monoisotopic (exact) mass is 476 g/mol. The number of carbonyl (C=O) groups excluding carboxylic acids is 1. The summed E-state index contributed by atoms with van der Waals surface area (Å²) in [6, 6.07) is 11.6. The second-order valence-electron chi connectivity index (χ2n) is 8.00. The predicted molar refractivity (Wildman–Crippen MR) is 125 cm³/mol. The summed E-state index contributed by atoms with van der Waals surface area (Å²) in [6.07, 6.45) is -0.0790. The molecule has 0 radical (unpaired) electrons. The molecule has 9 nitrogen and oxygen atoms in total. The molecule has 0 saturated heterocycles. The average molecular weight is 476 g/mol. The first-order valence-electron chi connectivity index (χ1n) is 10.6. The number of ether oxygens (including phenoxy) is 3. The van der Waals surface area contributed by atoms with Crippen molar-refractivity contribution in [3.8, 4) is 45.8 Å². The zero-order valence-corrected chi connectivity index (χ0v) is 18.7. The summed E-state index contributed by atoms with van der Waals surface area (Å²) in [4.78, 5) is 25.6. The molecular formula is C26H20O9. The molecule has 3 aromatic carbocycles. The van der Waals surface area contributed by atoms with E-state index in [1.54, 1.807) is 18.2 Å². The Balaban J connectivity index is 1.83. The summed E-state index contributed by atoms with van der Waals surface area (Å²) < 4.78 is 22.5. The molecule has 0 aliphatic carbocycles. The van der Waals surface area contributed by atoms with Crippen molar-refractivity contribution in [2.24, 2.45) is 0 Å². The van der Waals surface area contributed by atoms with Crippen LogP contribution in [0.5, 0.6) is 34.5 Å². The van der Waals surface area contributed by atoms with Crippen LogP contribution in [0.3, 0.4) is 0 Å². The quantitative estimate of drug-likeness (QED) is 0.226. The first-order chi connectivity index (χ1) is 16.8. The fourth-order valence-corrected chi connectivity index (χ4v) is 4.43. The van der Waals surface area contributed by atoms with Gasteiger partial charge in [0.1, 0.15) is 28.2 Å². The second kappa shape index (κ2) is 8.28. The lowest BCUT2D eigenvalue weighted by molar-refractivity contribution is -0.135. The van der Waals surface area contributed by atoms with E-state index in [4.69, 9.17) is 18.6 Å². The number of esters is 1. The van der Waals surface area contributed by atoms with Gasteiger partial charge in [-0.2, -0.15) is 0 Å². The minimum absolute atomic E-state index is 0.0254. The Hall–Kier alpha value is -4.66. The zero-order chi connectivity index (χ0) is 24.9. The van der Waals surface area contributed by atoms with Crippen LogP contribution in [0.1, 0.15) is 23.5 Å². The first kappa shape index (κ1) is 22.1. The number of para-hydroxylation sites is 1. The molecule has 0 saturated carbocycles. The third kappa shape index (κ3) is 3.57. The number of rotatable bonds is 4. The molecule has 0 spiro atoms. The summed E-state index contributed by atoms with van der Waals surface area (Å²) in [5.74, 6) is -1.31. The maximum Gasteiger partial charge on any atom is 0.312 e. The van der Waals surface area contributed by atoms with Gasteiger partial charge in [-0.3, -0.25) is 9.59 Å². The zero-order valence-electron chi connectivity index (χ0n) is 18.7. The van der Waals surface area contributed by atoms with Gasteiger partial charge in [0.2, 0.25) is 0 Å². The third-order valence-electron chi connectivity index (χ3n) is 5.99. The minimum Gasteiger partial charge on any atom is -0.507 e. The largest absolute Gasteiger partial charge is 0.507 e. The molecule has 0 bridgehead atoms. The van der Waals surface area contributed by atoms with Crippen LogP contribution in [-0.2, 0) is 4.79 Å². The topological polar surface area (TPSA) is 136 Å². The summed E-state index contributed by atoms with van der Waals surface area (Å²) in [6.45, 7) is 0. The Labute approximate surface area is 198 Å². The van der Waals surface area contributed by atoms with Gasteiger partial charge < -0.3 is 33.9 Å². The number of phenols is 3. The average Bonchev–Trinajstić information content (AvgIpc) is 2.83. The van der Waals surface area contributed by atoms with E-state index >= 15 is 0 Å². The highest BCUT2D eigenvalue weighted by atomic mass is 16.5. The molecule has 1 unspecified atom stereocenters.